The lowest BCUT2D eigenvalue weighted by Gasteiger charge is -2.28. The van der Waals surface area contributed by atoms with Crippen molar-refractivity contribution in [1.82, 2.24) is 14.9 Å². The van der Waals surface area contributed by atoms with Crippen molar-refractivity contribution in [1.29, 1.82) is 0 Å². The minimum atomic E-state index is -0.0845. The van der Waals surface area contributed by atoms with Crippen molar-refractivity contribution in [3.05, 3.63) is 78.2 Å². The minimum absolute atomic E-state index is 0.0845. The molecule has 4 rings (SSSR count). The van der Waals surface area contributed by atoms with Gasteiger partial charge in [0.15, 0.2) is 0 Å². The molecule has 27 heavy (non-hydrogen) atoms. The molecule has 0 aliphatic carbocycles. The maximum absolute atomic E-state index is 12.4. The number of nitrogens with one attached hydrogen (secondary N) is 1. The summed E-state index contributed by atoms with van der Waals surface area (Å²) < 4.78 is 7.39. The Morgan fingerprint density at radius 2 is 1.81 bits per heavy atom. The maximum Gasteiger partial charge on any atom is 0.251 e. The second-order valence-corrected chi connectivity index (χ2v) is 6.44. The van der Waals surface area contributed by atoms with Gasteiger partial charge in [-0.2, -0.15) is 0 Å². The number of pyridine rings is 1. The third-order valence-corrected chi connectivity index (χ3v) is 4.63. The molecule has 1 aliphatic heterocycles. The third kappa shape index (κ3) is 4.17. The summed E-state index contributed by atoms with van der Waals surface area (Å²) in [6, 6.07) is 15.5. The van der Waals surface area contributed by atoms with Crippen LogP contribution in [-0.4, -0.2) is 41.8 Å². The highest BCUT2D eigenvalue weighted by atomic mass is 16.5. The van der Waals surface area contributed by atoms with Crippen LogP contribution in [0.25, 0.3) is 5.69 Å². The minimum Gasteiger partial charge on any atom is -0.378 e. The smallest absolute Gasteiger partial charge is 0.251 e. The van der Waals surface area contributed by atoms with Gasteiger partial charge in [-0.1, -0.05) is 0 Å². The van der Waals surface area contributed by atoms with E-state index in [1.165, 1.54) is 0 Å². The molecule has 6 heteroatoms. The van der Waals surface area contributed by atoms with Crippen LogP contribution in [0.1, 0.15) is 15.9 Å². The number of hydrogen-bond acceptors (Lipinski definition) is 4. The predicted molar refractivity (Wildman–Crippen MR) is 104 cm³/mol. The van der Waals surface area contributed by atoms with Crippen LogP contribution in [0, 0.1) is 0 Å². The summed E-state index contributed by atoms with van der Waals surface area (Å²) >= 11 is 0. The molecular weight excluding hydrogens is 340 g/mol. The number of anilines is 1. The molecule has 3 aromatic rings. The van der Waals surface area contributed by atoms with E-state index in [0.29, 0.717) is 12.1 Å². The van der Waals surface area contributed by atoms with Crippen LogP contribution in [0.15, 0.2) is 67.1 Å². The van der Waals surface area contributed by atoms with Gasteiger partial charge in [0.05, 0.1) is 13.2 Å². The fourth-order valence-electron chi connectivity index (χ4n) is 3.11. The lowest BCUT2D eigenvalue weighted by Crippen LogP contribution is -2.36. The fraction of sp³-hybridized carbons (Fsp3) is 0.238. The zero-order valence-corrected chi connectivity index (χ0v) is 15.0. The summed E-state index contributed by atoms with van der Waals surface area (Å²) in [6.45, 7) is 3.61. The van der Waals surface area contributed by atoms with Gasteiger partial charge >= 0.3 is 0 Å². The first-order valence-electron chi connectivity index (χ1n) is 9.09. The molecule has 3 heterocycles. The molecule has 0 saturated carbocycles. The van der Waals surface area contributed by atoms with Gasteiger partial charge in [0.1, 0.15) is 5.82 Å². The monoisotopic (exact) mass is 362 g/mol. The van der Waals surface area contributed by atoms with E-state index in [4.69, 9.17) is 4.74 Å². The highest BCUT2D eigenvalue weighted by Gasteiger charge is 2.13. The summed E-state index contributed by atoms with van der Waals surface area (Å²) in [5.41, 5.74) is 2.71. The molecule has 0 atom stereocenters. The van der Waals surface area contributed by atoms with Gasteiger partial charge in [0, 0.05) is 49.5 Å². The zero-order chi connectivity index (χ0) is 18.5. The largest absolute Gasteiger partial charge is 0.378 e. The molecule has 6 nitrogen and oxygen atoms in total. The van der Waals surface area contributed by atoms with Gasteiger partial charge < -0.3 is 19.5 Å². The van der Waals surface area contributed by atoms with Gasteiger partial charge in [-0.05, 0) is 54.1 Å². The molecule has 1 fully saturated rings. The number of benzene rings is 1. The molecular formula is C21H22N4O2. The van der Waals surface area contributed by atoms with E-state index in [2.05, 4.69) is 15.2 Å². The normalized spacial score (nSPS) is 14.1. The molecule has 1 saturated heterocycles. The van der Waals surface area contributed by atoms with E-state index < -0.39 is 0 Å². The topological polar surface area (TPSA) is 59.4 Å². The maximum atomic E-state index is 12.4. The Balaban J connectivity index is 1.37. The number of hydrogen-bond donors (Lipinski definition) is 1. The number of rotatable bonds is 5. The Morgan fingerprint density at radius 3 is 2.56 bits per heavy atom. The van der Waals surface area contributed by atoms with E-state index in [-0.39, 0.29) is 5.91 Å². The molecule has 138 valence electrons. The lowest BCUT2D eigenvalue weighted by molar-refractivity contribution is 0.0951. The van der Waals surface area contributed by atoms with Crippen molar-refractivity contribution in [2.24, 2.45) is 0 Å². The van der Waals surface area contributed by atoms with Crippen molar-refractivity contribution in [2.45, 2.75) is 6.54 Å². The summed E-state index contributed by atoms with van der Waals surface area (Å²) in [5, 5.41) is 2.98. The molecule has 0 bridgehead atoms. The average molecular weight is 362 g/mol. The summed E-state index contributed by atoms with van der Waals surface area (Å²) in [7, 11) is 0. The SMILES string of the molecule is O=C(NCc1ccnc(N2CCOCC2)c1)c1ccc(-n2cccc2)cc1. The number of morpholine rings is 1. The van der Waals surface area contributed by atoms with Crippen molar-refractivity contribution >= 4 is 11.7 Å². The predicted octanol–water partition coefficient (Wildman–Crippen LogP) is 2.64. The summed E-state index contributed by atoms with van der Waals surface area (Å²) in [6.07, 6.45) is 5.74. The van der Waals surface area contributed by atoms with Crippen LogP contribution < -0.4 is 10.2 Å². The van der Waals surface area contributed by atoms with Crippen molar-refractivity contribution in [2.75, 3.05) is 31.2 Å². The van der Waals surface area contributed by atoms with Gasteiger partial charge in [-0.15, -0.1) is 0 Å². The Labute approximate surface area is 158 Å². The van der Waals surface area contributed by atoms with Gasteiger partial charge in [-0.3, -0.25) is 4.79 Å². The van der Waals surface area contributed by atoms with Gasteiger partial charge in [-0.25, -0.2) is 4.98 Å². The van der Waals surface area contributed by atoms with Crippen molar-refractivity contribution in [3.63, 3.8) is 0 Å². The second kappa shape index (κ2) is 8.05. The zero-order valence-electron chi connectivity index (χ0n) is 15.0. The Morgan fingerprint density at radius 1 is 1.07 bits per heavy atom. The van der Waals surface area contributed by atoms with E-state index in [9.17, 15) is 4.79 Å². The first-order chi connectivity index (χ1) is 13.3. The van der Waals surface area contributed by atoms with Crippen LogP contribution >= 0.6 is 0 Å². The van der Waals surface area contributed by atoms with Crippen LogP contribution in [-0.2, 0) is 11.3 Å². The highest BCUT2D eigenvalue weighted by Crippen LogP contribution is 2.15. The molecule has 0 radical (unpaired) electrons. The Kier molecular flexibility index (Phi) is 5.16. The molecule has 0 unspecified atom stereocenters. The Bertz CT molecular complexity index is 885. The number of amides is 1. The number of carbonyl (C=O) groups is 1. The molecule has 1 aliphatic rings. The lowest BCUT2D eigenvalue weighted by atomic mass is 10.2. The number of carbonyl (C=O) groups excluding carboxylic acids is 1. The highest BCUT2D eigenvalue weighted by molar-refractivity contribution is 5.94. The summed E-state index contributed by atoms with van der Waals surface area (Å²) in [4.78, 5) is 19.1. The molecule has 2 aromatic heterocycles. The van der Waals surface area contributed by atoms with Crippen LogP contribution in [0.2, 0.25) is 0 Å². The van der Waals surface area contributed by atoms with Gasteiger partial charge in [0.2, 0.25) is 0 Å². The number of ether oxygens (including phenoxy) is 1. The molecule has 1 amide bonds. The van der Waals surface area contributed by atoms with E-state index in [1.807, 2.05) is 65.5 Å². The number of aromatic nitrogens is 2. The summed E-state index contributed by atoms with van der Waals surface area (Å²) in [5.74, 6) is 0.847. The quantitative estimate of drug-likeness (QED) is 0.758. The fourth-order valence-corrected chi connectivity index (χ4v) is 3.11. The van der Waals surface area contributed by atoms with E-state index >= 15 is 0 Å². The van der Waals surface area contributed by atoms with E-state index in [1.54, 1.807) is 6.20 Å². The van der Waals surface area contributed by atoms with Crippen LogP contribution in [0.5, 0.6) is 0 Å². The van der Waals surface area contributed by atoms with Crippen LogP contribution in [0.3, 0.4) is 0 Å². The first-order valence-corrected chi connectivity index (χ1v) is 9.09. The molecule has 1 aromatic carbocycles. The molecule has 1 N–H and O–H groups in total. The third-order valence-electron chi connectivity index (χ3n) is 4.63. The van der Waals surface area contributed by atoms with E-state index in [0.717, 1.165) is 43.4 Å². The van der Waals surface area contributed by atoms with Crippen molar-refractivity contribution in [3.8, 4) is 5.69 Å². The average Bonchev–Trinajstić information content (AvgIpc) is 3.28. The number of nitrogens with zero attached hydrogens (tertiary/aromatic N) is 3. The standard InChI is InChI=1S/C21H22N4O2/c26-21(18-3-5-19(6-4-18)24-9-1-2-10-24)23-16-17-7-8-22-20(15-17)25-11-13-27-14-12-25/h1-10,15H,11-14,16H2,(H,23,26). The van der Waals surface area contributed by atoms with Crippen LogP contribution in [0.4, 0.5) is 5.82 Å². The Hall–Kier alpha value is -3.12. The first kappa shape index (κ1) is 17.3. The van der Waals surface area contributed by atoms with Crippen molar-refractivity contribution < 1.29 is 9.53 Å². The second-order valence-electron chi connectivity index (χ2n) is 6.44. The molecule has 0 spiro atoms. The van der Waals surface area contributed by atoms with Gasteiger partial charge in [0.25, 0.3) is 5.91 Å².